The van der Waals surface area contributed by atoms with Crippen LogP contribution in [0.1, 0.15) is 16.2 Å². The van der Waals surface area contributed by atoms with Crippen molar-refractivity contribution in [2.24, 2.45) is 0 Å². The second kappa shape index (κ2) is 7.68. The van der Waals surface area contributed by atoms with Gasteiger partial charge in [0, 0.05) is 30.4 Å². The molecule has 8 heteroatoms. The van der Waals surface area contributed by atoms with Gasteiger partial charge in [-0.2, -0.15) is 0 Å². The lowest BCUT2D eigenvalue weighted by molar-refractivity contribution is 0.102. The number of hydrogen-bond acceptors (Lipinski definition) is 4. The maximum absolute atomic E-state index is 13.2. The summed E-state index contributed by atoms with van der Waals surface area (Å²) < 4.78 is 27.9. The van der Waals surface area contributed by atoms with Gasteiger partial charge in [-0.15, -0.1) is 0 Å². The molecule has 5 aromatic rings. The van der Waals surface area contributed by atoms with Gasteiger partial charge in [-0.25, -0.2) is 17.7 Å². The average molecular weight is 459 g/mol. The molecule has 7 nitrogen and oxygen atoms in total. The molecule has 166 valence electrons. The third-order valence-electron chi connectivity index (χ3n) is 5.77. The Balaban J connectivity index is 1.65. The van der Waals surface area contributed by atoms with Gasteiger partial charge in [-0.1, -0.05) is 36.4 Å². The van der Waals surface area contributed by atoms with Crippen LogP contribution in [0.4, 0.5) is 5.69 Å². The Kier molecular flexibility index (Phi) is 4.92. The smallest absolute Gasteiger partial charge is 0.255 e. The topological polar surface area (TPSA) is 83.8 Å². The summed E-state index contributed by atoms with van der Waals surface area (Å²) in [6.07, 6.45) is 0. The quantitative estimate of drug-likeness (QED) is 0.431. The Morgan fingerprint density at radius 2 is 1.55 bits per heavy atom. The minimum atomic E-state index is -3.56. The second-order valence-corrected chi connectivity index (χ2v) is 10.2. The van der Waals surface area contributed by atoms with E-state index < -0.39 is 10.0 Å². The van der Waals surface area contributed by atoms with Crippen molar-refractivity contribution in [3.63, 3.8) is 0 Å². The normalized spacial score (nSPS) is 12.1. The van der Waals surface area contributed by atoms with Crippen LogP contribution < -0.4 is 5.32 Å². The number of hydrogen-bond donors (Lipinski definition) is 1. The van der Waals surface area contributed by atoms with Gasteiger partial charge in [0.25, 0.3) is 5.91 Å². The monoisotopic (exact) mass is 458 g/mol. The fourth-order valence-electron chi connectivity index (χ4n) is 4.13. The Bertz CT molecular complexity index is 1650. The van der Waals surface area contributed by atoms with Gasteiger partial charge in [0.15, 0.2) is 0 Å². The number of fused-ring (bicyclic) bond motifs is 5. The number of aryl methyl sites for hydroxylation is 1. The minimum absolute atomic E-state index is 0.136. The van der Waals surface area contributed by atoms with Crippen molar-refractivity contribution >= 4 is 48.9 Å². The molecule has 1 amide bonds. The Morgan fingerprint density at radius 1 is 0.909 bits per heavy atom. The second-order valence-electron chi connectivity index (χ2n) is 8.02. The number of benzene rings is 3. The first kappa shape index (κ1) is 21.1. The zero-order valence-corrected chi connectivity index (χ0v) is 19.2. The fraction of sp³-hybridized carbons (Fsp3) is 0.120. The zero-order chi connectivity index (χ0) is 23.3. The highest BCUT2D eigenvalue weighted by Gasteiger charge is 2.20. The molecule has 3 aromatic carbocycles. The van der Waals surface area contributed by atoms with Crippen LogP contribution in [-0.4, -0.2) is 42.1 Å². The molecule has 0 atom stereocenters. The average Bonchev–Trinajstić information content (AvgIpc) is 3.14. The van der Waals surface area contributed by atoms with Crippen LogP contribution in [0.2, 0.25) is 0 Å². The minimum Gasteiger partial charge on any atom is -0.320 e. The Morgan fingerprint density at radius 3 is 2.24 bits per heavy atom. The van der Waals surface area contributed by atoms with Crippen molar-refractivity contribution in [1.82, 2.24) is 13.7 Å². The maximum atomic E-state index is 13.2. The molecule has 2 aromatic heterocycles. The van der Waals surface area contributed by atoms with Crippen molar-refractivity contribution in [2.75, 3.05) is 19.4 Å². The first-order valence-electron chi connectivity index (χ1n) is 10.4. The SMILES string of the molecule is Cc1nc2ccccc2c2c(NC(=O)c3ccc(S(=O)(=O)N(C)C)cc3)c3ccccc3n12. The summed E-state index contributed by atoms with van der Waals surface area (Å²) in [4.78, 5) is 18.1. The third kappa shape index (κ3) is 3.35. The van der Waals surface area contributed by atoms with Crippen molar-refractivity contribution in [2.45, 2.75) is 11.8 Å². The Hall–Kier alpha value is -3.75. The van der Waals surface area contributed by atoms with Crippen molar-refractivity contribution in [1.29, 1.82) is 0 Å². The molecule has 0 fully saturated rings. The van der Waals surface area contributed by atoms with Gasteiger partial charge >= 0.3 is 0 Å². The molecule has 2 heterocycles. The fourth-order valence-corrected chi connectivity index (χ4v) is 5.03. The molecular formula is C25H22N4O3S. The number of carbonyl (C=O) groups is 1. The number of amides is 1. The Labute approximate surface area is 191 Å². The lowest BCUT2D eigenvalue weighted by atomic mass is 10.1. The van der Waals surface area contributed by atoms with E-state index in [1.807, 2.05) is 55.5 Å². The van der Waals surface area contributed by atoms with E-state index in [0.717, 1.165) is 37.5 Å². The molecule has 0 unspecified atom stereocenters. The molecule has 0 saturated carbocycles. The number of nitrogens with zero attached hydrogens (tertiary/aromatic N) is 3. The predicted octanol–water partition coefficient (Wildman–Crippen LogP) is 4.45. The summed E-state index contributed by atoms with van der Waals surface area (Å²) in [5.74, 6) is 0.499. The molecule has 33 heavy (non-hydrogen) atoms. The summed E-state index contributed by atoms with van der Waals surface area (Å²) in [6.45, 7) is 1.95. The summed E-state index contributed by atoms with van der Waals surface area (Å²) in [7, 11) is -0.619. The van der Waals surface area contributed by atoms with Crippen molar-refractivity contribution < 1.29 is 13.2 Å². The number of para-hydroxylation sites is 2. The summed E-state index contributed by atoms with van der Waals surface area (Å²) in [5.41, 5.74) is 3.73. The zero-order valence-electron chi connectivity index (χ0n) is 18.4. The lowest BCUT2D eigenvalue weighted by Crippen LogP contribution is -2.22. The molecule has 0 aliphatic carbocycles. The van der Waals surface area contributed by atoms with E-state index in [1.54, 1.807) is 0 Å². The molecule has 0 aliphatic rings. The number of anilines is 1. The van der Waals surface area contributed by atoms with Crippen LogP contribution in [0.15, 0.2) is 77.7 Å². The van der Waals surface area contributed by atoms with E-state index in [1.165, 1.54) is 38.4 Å². The first-order valence-corrected chi connectivity index (χ1v) is 11.9. The number of rotatable bonds is 4. The van der Waals surface area contributed by atoms with E-state index >= 15 is 0 Å². The van der Waals surface area contributed by atoms with E-state index in [9.17, 15) is 13.2 Å². The van der Waals surface area contributed by atoms with Crippen LogP contribution >= 0.6 is 0 Å². The largest absolute Gasteiger partial charge is 0.320 e. The van der Waals surface area contributed by atoms with Gasteiger partial charge in [0.1, 0.15) is 5.82 Å². The molecular weight excluding hydrogens is 436 g/mol. The van der Waals surface area contributed by atoms with Gasteiger partial charge in [-0.3, -0.25) is 9.20 Å². The van der Waals surface area contributed by atoms with Gasteiger partial charge in [-0.05, 0) is 43.3 Å². The molecule has 5 rings (SSSR count). The molecule has 0 radical (unpaired) electrons. The van der Waals surface area contributed by atoms with Crippen LogP contribution in [0.3, 0.4) is 0 Å². The number of sulfonamides is 1. The predicted molar refractivity (Wildman–Crippen MR) is 130 cm³/mol. The van der Waals surface area contributed by atoms with Crippen LogP contribution in [0.5, 0.6) is 0 Å². The molecule has 0 spiro atoms. The van der Waals surface area contributed by atoms with E-state index in [0.29, 0.717) is 11.3 Å². The van der Waals surface area contributed by atoms with E-state index in [-0.39, 0.29) is 10.8 Å². The van der Waals surface area contributed by atoms with Gasteiger partial charge in [0.2, 0.25) is 10.0 Å². The van der Waals surface area contributed by atoms with Crippen LogP contribution in [0, 0.1) is 6.92 Å². The van der Waals surface area contributed by atoms with Crippen molar-refractivity contribution in [3.05, 3.63) is 84.2 Å². The molecule has 0 aliphatic heterocycles. The molecule has 0 bridgehead atoms. The number of aromatic nitrogens is 2. The number of carbonyl (C=O) groups excluding carboxylic acids is 1. The highest BCUT2D eigenvalue weighted by Crippen LogP contribution is 2.36. The van der Waals surface area contributed by atoms with Crippen LogP contribution in [-0.2, 0) is 10.0 Å². The van der Waals surface area contributed by atoms with Crippen LogP contribution in [0.25, 0.3) is 27.3 Å². The van der Waals surface area contributed by atoms with E-state index in [2.05, 4.69) is 9.72 Å². The van der Waals surface area contributed by atoms with Gasteiger partial charge in [0.05, 0.1) is 27.1 Å². The summed E-state index contributed by atoms with van der Waals surface area (Å²) in [6, 6.07) is 21.6. The molecule has 1 N–H and O–H groups in total. The summed E-state index contributed by atoms with van der Waals surface area (Å²) in [5, 5.41) is 4.91. The highest BCUT2D eigenvalue weighted by atomic mass is 32.2. The first-order chi connectivity index (χ1) is 15.8. The standard InChI is InChI=1S/C25H22N4O3S/c1-16-26-21-10-6-4-8-19(21)24-23(20-9-5-7-11-22(20)29(16)24)27-25(30)17-12-14-18(15-13-17)33(31,32)28(2)3/h4-15H,1-3H3,(H,27,30). The lowest BCUT2D eigenvalue weighted by Gasteiger charge is -2.12. The van der Waals surface area contributed by atoms with Crippen molar-refractivity contribution in [3.8, 4) is 0 Å². The third-order valence-corrected chi connectivity index (χ3v) is 7.60. The maximum Gasteiger partial charge on any atom is 0.255 e. The highest BCUT2D eigenvalue weighted by molar-refractivity contribution is 7.89. The van der Waals surface area contributed by atoms with Gasteiger partial charge < -0.3 is 5.32 Å². The van der Waals surface area contributed by atoms with E-state index in [4.69, 9.17) is 4.98 Å². The molecule has 0 saturated heterocycles. The summed E-state index contributed by atoms with van der Waals surface area (Å²) >= 11 is 0. The number of nitrogens with one attached hydrogen (secondary N) is 1.